The summed E-state index contributed by atoms with van der Waals surface area (Å²) in [5, 5.41) is 0. The standard InChI is InChI=1S/C18H24N2O3S/c1-4-20(5-2)16-8-6-15(7-9-16)14-19-24(21,22)18-12-10-17(23-3)11-13-18/h6-13,19H,4-5,14H2,1-3H3. The summed E-state index contributed by atoms with van der Waals surface area (Å²) in [6, 6.07) is 14.3. The van der Waals surface area contributed by atoms with E-state index in [1.54, 1.807) is 19.2 Å². The van der Waals surface area contributed by atoms with E-state index in [1.165, 1.54) is 12.1 Å². The van der Waals surface area contributed by atoms with Crippen LogP contribution in [-0.4, -0.2) is 28.6 Å². The Morgan fingerprint density at radius 1 is 0.958 bits per heavy atom. The van der Waals surface area contributed by atoms with E-state index in [2.05, 4.69) is 23.5 Å². The van der Waals surface area contributed by atoms with Gasteiger partial charge in [-0.1, -0.05) is 12.1 Å². The second-order valence-electron chi connectivity index (χ2n) is 5.34. The molecular weight excluding hydrogens is 324 g/mol. The lowest BCUT2D eigenvalue weighted by Gasteiger charge is -2.21. The third-order valence-electron chi connectivity index (χ3n) is 3.90. The molecule has 0 atom stereocenters. The van der Waals surface area contributed by atoms with Gasteiger partial charge in [0.15, 0.2) is 0 Å². The van der Waals surface area contributed by atoms with Gasteiger partial charge in [0.2, 0.25) is 10.0 Å². The van der Waals surface area contributed by atoms with Crippen LogP contribution in [0.25, 0.3) is 0 Å². The Bertz CT molecular complexity index is 737. The molecule has 0 saturated carbocycles. The fourth-order valence-corrected chi connectivity index (χ4v) is 3.45. The molecule has 0 unspecified atom stereocenters. The SMILES string of the molecule is CCN(CC)c1ccc(CNS(=O)(=O)c2ccc(OC)cc2)cc1. The molecule has 24 heavy (non-hydrogen) atoms. The Balaban J connectivity index is 2.03. The second kappa shape index (κ2) is 8.17. The molecule has 0 aliphatic rings. The summed E-state index contributed by atoms with van der Waals surface area (Å²) in [5.74, 6) is 0.626. The Morgan fingerprint density at radius 2 is 1.54 bits per heavy atom. The van der Waals surface area contributed by atoms with E-state index >= 15 is 0 Å². The van der Waals surface area contributed by atoms with Gasteiger partial charge in [0, 0.05) is 25.3 Å². The lowest BCUT2D eigenvalue weighted by Crippen LogP contribution is -2.23. The maximum atomic E-state index is 12.3. The number of hydrogen-bond donors (Lipinski definition) is 1. The van der Waals surface area contributed by atoms with Crippen molar-refractivity contribution in [2.45, 2.75) is 25.3 Å². The molecule has 0 aliphatic heterocycles. The predicted octanol–water partition coefficient (Wildman–Crippen LogP) is 3.02. The van der Waals surface area contributed by atoms with Gasteiger partial charge in [0.05, 0.1) is 12.0 Å². The van der Waals surface area contributed by atoms with Crippen molar-refractivity contribution in [2.24, 2.45) is 0 Å². The predicted molar refractivity (Wildman–Crippen MR) is 97.0 cm³/mol. The first-order valence-corrected chi connectivity index (χ1v) is 9.46. The summed E-state index contributed by atoms with van der Waals surface area (Å²) in [6.07, 6.45) is 0. The Kier molecular flexibility index (Phi) is 6.23. The van der Waals surface area contributed by atoms with Crippen molar-refractivity contribution in [2.75, 3.05) is 25.1 Å². The highest BCUT2D eigenvalue weighted by atomic mass is 32.2. The molecule has 2 rings (SSSR count). The van der Waals surface area contributed by atoms with Gasteiger partial charge in [-0.25, -0.2) is 13.1 Å². The molecule has 2 aromatic carbocycles. The maximum absolute atomic E-state index is 12.3. The lowest BCUT2D eigenvalue weighted by atomic mass is 10.2. The minimum Gasteiger partial charge on any atom is -0.497 e. The smallest absolute Gasteiger partial charge is 0.240 e. The Morgan fingerprint density at radius 3 is 2.04 bits per heavy atom. The van der Waals surface area contributed by atoms with E-state index in [-0.39, 0.29) is 11.4 Å². The van der Waals surface area contributed by atoms with E-state index in [4.69, 9.17) is 4.74 Å². The van der Waals surface area contributed by atoms with Crippen molar-refractivity contribution >= 4 is 15.7 Å². The zero-order valence-corrected chi connectivity index (χ0v) is 15.1. The maximum Gasteiger partial charge on any atom is 0.240 e. The van der Waals surface area contributed by atoms with Gasteiger partial charge >= 0.3 is 0 Å². The summed E-state index contributed by atoms with van der Waals surface area (Å²) in [7, 11) is -1.99. The van der Waals surface area contributed by atoms with Crippen LogP contribution in [0.15, 0.2) is 53.4 Å². The molecule has 0 aliphatic carbocycles. The van der Waals surface area contributed by atoms with E-state index in [0.717, 1.165) is 24.3 Å². The number of benzene rings is 2. The highest BCUT2D eigenvalue weighted by molar-refractivity contribution is 7.89. The number of ether oxygens (including phenoxy) is 1. The molecule has 130 valence electrons. The van der Waals surface area contributed by atoms with Crippen LogP contribution in [0.4, 0.5) is 5.69 Å². The number of nitrogens with one attached hydrogen (secondary N) is 1. The summed E-state index contributed by atoms with van der Waals surface area (Å²) >= 11 is 0. The first kappa shape index (κ1) is 18.3. The number of rotatable bonds is 8. The molecular formula is C18H24N2O3S. The molecule has 5 nitrogen and oxygen atoms in total. The van der Waals surface area contributed by atoms with Crippen LogP contribution >= 0.6 is 0 Å². The summed E-state index contributed by atoms with van der Waals surface area (Å²) in [4.78, 5) is 2.47. The fraction of sp³-hybridized carbons (Fsp3) is 0.333. The molecule has 0 saturated heterocycles. The molecule has 0 radical (unpaired) electrons. The summed E-state index contributed by atoms with van der Waals surface area (Å²) < 4.78 is 32.3. The zero-order valence-electron chi connectivity index (χ0n) is 14.3. The van der Waals surface area contributed by atoms with Gasteiger partial charge in [-0.05, 0) is 55.8 Å². The van der Waals surface area contributed by atoms with Gasteiger partial charge in [-0.15, -0.1) is 0 Å². The fourth-order valence-electron chi connectivity index (χ4n) is 2.43. The summed E-state index contributed by atoms with van der Waals surface area (Å²) in [5.41, 5.74) is 2.06. The normalized spacial score (nSPS) is 11.3. The lowest BCUT2D eigenvalue weighted by molar-refractivity contribution is 0.414. The van der Waals surface area contributed by atoms with Crippen LogP contribution < -0.4 is 14.4 Å². The average molecular weight is 348 g/mol. The largest absolute Gasteiger partial charge is 0.497 e. The molecule has 0 amide bonds. The van der Waals surface area contributed by atoms with E-state index in [0.29, 0.717) is 5.75 Å². The first-order chi connectivity index (χ1) is 11.5. The number of nitrogens with zero attached hydrogens (tertiary/aromatic N) is 1. The van der Waals surface area contributed by atoms with Gasteiger partial charge < -0.3 is 9.64 Å². The Labute approximate surface area is 144 Å². The third kappa shape index (κ3) is 4.49. The molecule has 0 aromatic heterocycles. The second-order valence-corrected chi connectivity index (χ2v) is 7.11. The van der Waals surface area contributed by atoms with Crippen molar-refractivity contribution in [1.82, 2.24) is 4.72 Å². The van der Waals surface area contributed by atoms with Crippen molar-refractivity contribution in [3.8, 4) is 5.75 Å². The van der Waals surface area contributed by atoms with Crippen LogP contribution in [0.1, 0.15) is 19.4 Å². The van der Waals surface area contributed by atoms with Gasteiger partial charge in [-0.3, -0.25) is 0 Å². The number of anilines is 1. The van der Waals surface area contributed by atoms with Crippen molar-refractivity contribution in [3.63, 3.8) is 0 Å². The van der Waals surface area contributed by atoms with Gasteiger partial charge in [-0.2, -0.15) is 0 Å². The van der Waals surface area contributed by atoms with E-state index in [9.17, 15) is 8.42 Å². The average Bonchev–Trinajstić information content (AvgIpc) is 2.62. The number of methoxy groups -OCH3 is 1. The van der Waals surface area contributed by atoms with Crippen LogP contribution in [0.3, 0.4) is 0 Å². The minimum atomic E-state index is -3.54. The highest BCUT2D eigenvalue weighted by Crippen LogP contribution is 2.17. The third-order valence-corrected chi connectivity index (χ3v) is 5.32. The van der Waals surface area contributed by atoms with Crippen LogP contribution in [0, 0.1) is 0 Å². The topological polar surface area (TPSA) is 58.6 Å². The van der Waals surface area contributed by atoms with Crippen LogP contribution in [0.2, 0.25) is 0 Å². The van der Waals surface area contributed by atoms with Crippen LogP contribution in [-0.2, 0) is 16.6 Å². The molecule has 0 bridgehead atoms. The summed E-state index contributed by atoms with van der Waals surface area (Å²) in [6.45, 7) is 6.37. The first-order valence-electron chi connectivity index (χ1n) is 7.97. The minimum absolute atomic E-state index is 0.225. The highest BCUT2D eigenvalue weighted by Gasteiger charge is 2.13. The monoisotopic (exact) mass is 348 g/mol. The Hall–Kier alpha value is -2.05. The molecule has 0 spiro atoms. The van der Waals surface area contributed by atoms with E-state index in [1.807, 2.05) is 24.3 Å². The number of sulfonamides is 1. The molecule has 6 heteroatoms. The quantitative estimate of drug-likeness (QED) is 0.797. The van der Waals surface area contributed by atoms with Crippen molar-refractivity contribution in [3.05, 3.63) is 54.1 Å². The molecule has 2 aromatic rings. The molecule has 0 heterocycles. The molecule has 0 fully saturated rings. The van der Waals surface area contributed by atoms with Crippen LogP contribution in [0.5, 0.6) is 5.75 Å². The van der Waals surface area contributed by atoms with Gasteiger partial charge in [0.25, 0.3) is 0 Å². The van der Waals surface area contributed by atoms with E-state index < -0.39 is 10.0 Å². The van der Waals surface area contributed by atoms with Gasteiger partial charge in [0.1, 0.15) is 5.75 Å². The van der Waals surface area contributed by atoms with Crippen molar-refractivity contribution in [1.29, 1.82) is 0 Å². The zero-order chi connectivity index (χ0) is 17.6. The van der Waals surface area contributed by atoms with Crippen molar-refractivity contribution < 1.29 is 13.2 Å². The number of hydrogen-bond acceptors (Lipinski definition) is 4. The molecule has 1 N–H and O–H groups in total.